The van der Waals surface area contributed by atoms with E-state index in [2.05, 4.69) is 5.09 Å². The Morgan fingerprint density at radius 3 is 2.64 bits per heavy atom. The number of esters is 1. The molecule has 0 aromatic carbocycles. The van der Waals surface area contributed by atoms with Crippen molar-refractivity contribution >= 4 is 30.6 Å². The van der Waals surface area contributed by atoms with E-state index in [9.17, 15) is 38.3 Å². The fourth-order valence-electron chi connectivity index (χ4n) is 3.40. The number of hydrogen-bond acceptors (Lipinski definition) is 12. The molecule has 6 atom stereocenters. The lowest BCUT2D eigenvalue weighted by Gasteiger charge is -2.25. The lowest BCUT2D eigenvalue weighted by atomic mass is 9.97. The van der Waals surface area contributed by atoms with Crippen molar-refractivity contribution in [1.29, 1.82) is 0 Å². The summed E-state index contributed by atoms with van der Waals surface area (Å²) in [5.41, 5.74) is -2.56. The van der Waals surface area contributed by atoms with E-state index in [0.29, 0.717) is 0 Å². The molecule has 2 rings (SSSR count). The molecule has 1 aromatic rings. The second-order valence-corrected chi connectivity index (χ2v) is 12.1. The van der Waals surface area contributed by atoms with E-state index in [1.165, 1.54) is 6.92 Å². The molecular formula is C22H35FN3O11PS. The zero-order valence-electron chi connectivity index (χ0n) is 22.0. The molecule has 222 valence electrons. The number of aliphatic hydroxyl groups is 2. The molecule has 1 saturated heterocycles. The lowest BCUT2D eigenvalue weighted by molar-refractivity contribution is -0.144. The van der Waals surface area contributed by atoms with Crippen molar-refractivity contribution in [2.45, 2.75) is 52.2 Å². The van der Waals surface area contributed by atoms with Gasteiger partial charge < -0.3 is 19.7 Å². The number of nitrogens with one attached hydrogen (secondary N) is 2. The zero-order valence-corrected chi connectivity index (χ0v) is 23.7. The normalized spacial score (nSPS) is 23.8. The summed E-state index contributed by atoms with van der Waals surface area (Å²) in [7, 11) is -4.30. The van der Waals surface area contributed by atoms with Crippen LogP contribution in [0.2, 0.25) is 0 Å². The monoisotopic (exact) mass is 599 g/mol. The first-order chi connectivity index (χ1) is 18.3. The molecule has 17 heteroatoms. The largest absolute Gasteiger partial charge is 0.465 e. The minimum Gasteiger partial charge on any atom is -0.465 e. The summed E-state index contributed by atoms with van der Waals surface area (Å²) in [6.07, 6.45) is -3.00. The van der Waals surface area contributed by atoms with Gasteiger partial charge in [-0.15, -0.1) is 0 Å². The third kappa shape index (κ3) is 9.05. The van der Waals surface area contributed by atoms with E-state index in [-0.39, 0.29) is 30.7 Å². The summed E-state index contributed by atoms with van der Waals surface area (Å²) in [6.45, 7) is 3.83. The van der Waals surface area contributed by atoms with Gasteiger partial charge in [0.1, 0.15) is 12.1 Å². The van der Waals surface area contributed by atoms with Crippen molar-refractivity contribution < 1.29 is 47.3 Å². The maximum Gasteiger partial charge on any atom is 0.406 e. The summed E-state index contributed by atoms with van der Waals surface area (Å²) < 4.78 is 49.6. The van der Waals surface area contributed by atoms with Crippen LogP contribution in [-0.4, -0.2) is 88.0 Å². The average molecular weight is 600 g/mol. The number of carbonyl (C=O) groups excluding carboxylic acids is 2. The highest BCUT2D eigenvalue weighted by Gasteiger charge is 2.46. The van der Waals surface area contributed by atoms with Gasteiger partial charge in [-0.2, -0.15) is 0 Å². The number of rotatable bonds is 15. The number of aromatic amines is 1. The van der Waals surface area contributed by atoms with Gasteiger partial charge in [-0.1, -0.05) is 11.8 Å². The molecule has 4 N–H and O–H groups in total. The van der Waals surface area contributed by atoms with Crippen LogP contribution in [0.3, 0.4) is 0 Å². The van der Waals surface area contributed by atoms with Gasteiger partial charge in [0, 0.05) is 23.9 Å². The summed E-state index contributed by atoms with van der Waals surface area (Å²) in [4.78, 5) is 49.8. The van der Waals surface area contributed by atoms with E-state index in [4.69, 9.17) is 18.5 Å². The molecule has 0 saturated carbocycles. The molecule has 14 nitrogen and oxygen atoms in total. The third-order valence-electron chi connectivity index (χ3n) is 5.75. The van der Waals surface area contributed by atoms with Gasteiger partial charge in [-0.25, -0.2) is 14.4 Å². The molecule has 1 aliphatic rings. The molecule has 0 radical (unpaired) electrons. The number of ether oxygens (including phenoxy) is 2. The standard InChI is InChI=1S/C22H35FN3O11PS/c1-5-34-19(30)13(2)25-38(33,35-8-9-39-20(31)22(3,4)12-27)36-11-15-14(10-23)17(29)18(37-15)26-7-6-16(28)24-21(26)32/h6-7,13-15,17-18,27,29H,5,8-12H2,1-4H3,(H,25,33)(H,24,28,32)/t13-,14+,15+,17+,18+,38?/m0/s1. The predicted molar refractivity (Wildman–Crippen MR) is 138 cm³/mol. The van der Waals surface area contributed by atoms with Crippen molar-refractivity contribution in [1.82, 2.24) is 14.6 Å². The Morgan fingerprint density at radius 1 is 1.36 bits per heavy atom. The Kier molecular flexibility index (Phi) is 12.5. The number of thioether (sulfide) groups is 1. The van der Waals surface area contributed by atoms with Crippen LogP contribution in [0.1, 0.15) is 33.9 Å². The summed E-state index contributed by atoms with van der Waals surface area (Å²) in [5, 5.41) is 22.0. The van der Waals surface area contributed by atoms with Gasteiger partial charge in [-0.3, -0.25) is 37.4 Å². The SMILES string of the molecule is CCOC(=O)[C@H](C)NP(=O)(OCCSC(=O)C(C)(C)CO)OC[C@H]1O[C@@H](n2ccc(=O)[nH]c2=O)[C@H](O)[C@@H]1CF. The summed E-state index contributed by atoms with van der Waals surface area (Å²) in [5.74, 6) is -1.90. The number of alkyl halides is 1. The number of nitrogens with zero attached hydrogens (tertiary/aromatic N) is 1. The van der Waals surface area contributed by atoms with E-state index in [1.54, 1.807) is 20.8 Å². The quantitative estimate of drug-likeness (QED) is 0.123. The van der Waals surface area contributed by atoms with Crippen molar-refractivity contribution in [3.63, 3.8) is 0 Å². The lowest BCUT2D eigenvalue weighted by Crippen LogP contribution is -2.36. The second-order valence-electron chi connectivity index (χ2n) is 9.30. The van der Waals surface area contributed by atoms with E-state index in [0.717, 1.165) is 28.6 Å². The first kappa shape index (κ1) is 33.3. The van der Waals surface area contributed by atoms with Crippen molar-refractivity contribution in [2.75, 3.05) is 38.9 Å². The van der Waals surface area contributed by atoms with Crippen LogP contribution in [-0.2, 0) is 32.7 Å². The maximum absolute atomic E-state index is 13.9. The fourth-order valence-corrected chi connectivity index (χ4v) is 5.80. The van der Waals surface area contributed by atoms with Crippen molar-refractivity contribution in [3.05, 3.63) is 33.1 Å². The van der Waals surface area contributed by atoms with Gasteiger partial charge in [0.2, 0.25) is 0 Å². The molecule has 0 spiro atoms. The molecular weight excluding hydrogens is 564 g/mol. The highest BCUT2D eigenvalue weighted by Crippen LogP contribution is 2.46. The van der Waals surface area contributed by atoms with Crippen LogP contribution in [0.5, 0.6) is 0 Å². The zero-order chi connectivity index (χ0) is 29.4. The molecule has 39 heavy (non-hydrogen) atoms. The van der Waals surface area contributed by atoms with Crippen molar-refractivity contribution in [2.24, 2.45) is 11.3 Å². The Balaban J connectivity index is 2.14. The van der Waals surface area contributed by atoms with E-state index in [1.807, 2.05) is 4.98 Å². The molecule has 2 heterocycles. The Bertz CT molecular complexity index is 1150. The number of aromatic nitrogens is 2. The van der Waals surface area contributed by atoms with E-state index < -0.39 is 74.1 Å². The summed E-state index contributed by atoms with van der Waals surface area (Å²) >= 11 is 0.845. The average Bonchev–Trinajstić information content (AvgIpc) is 3.20. The Hall–Kier alpha value is -1.91. The predicted octanol–water partition coefficient (Wildman–Crippen LogP) is 0.341. The molecule has 1 aromatic heterocycles. The highest BCUT2D eigenvalue weighted by atomic mass is 32.2. The van der Waals surface area contributed by atoms with Gasteiger partial charge in [0.05, 0.1) is 44.6 Å². The van der Waals surface area contributed by atoms with Crippen LogP contribution < -0.4 is 16.3 Å². The first-order valence-corrected chi connectivity index (χ1v) is 14.6. The summed E-state index contributed by atoms with van der Waals surface area (Å²) in [6, 6.07) is -0.114. The van der Waals surface area contributed by atoms with Gasteiger partial charge in [0.25, 0.3) is 5.56 Å². The number of carbonyl (C=O) groups is 2. The maximum atomic E-state index is 13.9. The van der Waals surface area contributed by atoms with Crippen LogP contribution in [0, 0.1) is 11.3 Å². The van der Waals surface area contributed by atoms with Crippen LogP contribution in [0.4, 0.5) is 4.39 Å². The van der Waals surface area contributed by atoms with Crippen LogP contribution in [0.25, 0.3) is 0 Å². The molecule has 1 fully saturated rings. The van der Waals surface area contributed by atoms with Crippen LogP contribution >= 0.6 is 19.5 Å². The number of halogens is 1. The molecule has 0 bridgehead atoms. The van der Waals surface area contributed by atoms with Gasteiger partial charge >= 0.3 is 19.4 Å². The fraction of sp³-hybridized carbons (Fsp3) is 0.727. The highest BCUT2D eigenvalue weighted by molar-refractivity contribution is 8.13. The molecule has 1 aliphatic heterocycles. The Labute approximate surface area is 228 Å². The smallest absolute Gasteiger partial charge is 0.406 e. The van der Waals surface area contributed by atoms with E-state index >= 15 is 0 Å². The topological polar surface area (TPSA) is 195 Å². The second kappa shape index (κ2) is 14.6. The number of H-pyrrole nitrogens is 1. The van der Waals surface area contributed by atoms with Gasteiger partial charge in [0.15, 0.2) is 11.3 Å². The first-order valence-electron chi connectivity index (χ1n) is 12.1. The molecule has 0 aliphatic carbocycles. The van der Waals surface area contributed by atoms with Crippen molar-refractivity contribution in [3.8, 4) is 0 Å². The Morgan fingerprint density at radius 2 is 2.05 bits per heavy atom. The number of aliphatic hydroxyl groups excluding tert-OH is 2. The van der Waals surface area contributed by atoms with Crippen LogP contribution in [0.15, 0.2) is 21.9 Å². The minimum atomic E-state index is -4.30. The number of hydrogen-bond donors (Lipinski definition) is 4. The molecule has 1 unspecified atom stereocenters. The van der Waals surface area contributed by atoms with Gasteiger partial charge in [-0.05, 0) is 27.7 Å². The minimum absolute atomic E-state index is 0.0357. The third-order valence-corrected chi connectivity index (χ3v) is 8.65. The molecule has 0 amide bonds.